The molecule has 1 N–H and O–H groups in total. The van der Waals surface area contributed by atoms with E-state index in [1.807, 2.05) is 0 Å². The van der Waals surface area contributed by atoms with Gasteiger partial charge in [0.2, 0.25) is 0 Å². The van der Waals surface area contributed by atoms with E-state index < -0.39 is 29.3 Å². The fraction of sp³-hybridized carbons (Fsp3) is 0.636. The summed E-state index contributed by atoms with van der Waals surface area (Å²) in [6.07, 6.45) is -3.14. The van der Waals surface area contributed by atoms with E-state index in [1.165, 1.54) is 14.0 Å². The number of ether oxygens (including phenoxy) is 1. The van der Waals surface area contributed by atoms with Gasteiger partial charge in [-0.15, -0.1) is 0 Å². The number of nitrogens with zero attached hydrogens (tertiary/aromatic N) is 1. The van der Waals surface area contributed by atoms with Gasteiger partial charge in [-0.3, -0.25) is 4.99 Å². The Balaban J connectivity index is 5.38. The first-order chi connectivity index (χ1) is 7.60. The van der Waals surface area contributed by atoms with Gasteiger partial charge >= 0.3 is 5.97 Å². The second kappa shape index (κ2) is 5.75. The molecule has 0 saturated heterocycles. The predicted octanol–water partition coefficient (Wildman–Crippen LogP) is 2.50. The van der Waals surface area contributed by atoms with Crippen LogP contribution in [0.15, 0.2) is 16.3 Å². The Kier molecular flexibility index (Phi) is 5.25. The van der Waals surface area contributed by atoms with E-state index in [1.54, 1.807) is 20.8 Å². The van der Waals surface area contributed by atoms with Gasteiger partial charge in [0.25, 0.3) is 6.43 Å². The van der Waals surface area contributed by atoms with Gasteiger partial charge in [0, 0.05) is 12.8 Å². The molecule has 4 nitrogen and oxygen atoms in total. The summed E-state index contributed by atoms with van der Waals surface area (Å²) in [7, 11) is 1.33. The van der Waals surface area contributed by atoms with Crippen LogP contribution < -0.4 is 0 Å². The molecular formula is C11H17F2NO3. The predicted molar refractivity (Wildman–Crippen MR) is 60.5 cm³/mol. The van der Waals surface area contributed by atoms with Crippen molar-refractivity contribution in [1.29, 1.82) is 0 Å². The fourth-order valence-electron chi connectivity index (χ4n) is 0.988. The summed E-state index contributed by atoms with van der Waals surface area (Å²) in [5.41, 5.74) is -1.42. The number of aliphatic imine (C=N–C) groups is 1. The zero-order chi connectivity index (χ0) is 13.8. The van der Waals surface area contributed by atoms with E-state index in [2.05, 4.69) is 4.99 Å². The number of aliphatic hydroxyl groups excluding tert-OH is 1. The van der Waals surface area contributed by atoms with Crippen molar-refractivity contribution >= 4 is 11.7 Å². The largest absolute Gasteiger partial charge is 0.506 e. The topological polar surface area (TPSA) is 58.9 Å². The maximum atomic E-state index is 12.4. The first kappa shape index (κ1) is 15.5. The highest BCUT2D eigenvalue weighted by Crippen LogP contribution is 2.18. The molecule has 0 aromatic carbocycles. The lowest BCUT2D eigenvalue weighted by Crippen LogP contribution is -2.28. The normalized spacial score (nSPS) is 14.7. The number of hydrogen-bond acceptors (Lipinski definition) is 4. The summed E-state index contributed by atoms with van der Waals surface area (Å²) >= 11 is 0. The van der Waals surface area contributed by atoms with Gasteiger partial charge < -0.3 is 9.84 Å². The lowest BCUT2D eigenvalue weighted by molar-refractivity contribution is -0.149. The number of hydrogen-bond donors (Lipinski definition) is 1. The van der Waals surface area contributed by atoms with Gasteiger partial charge in [0.15, 0.2) is 5.76 Å². The Morgan fingerprint density at radius 1 is 1.35 bits per heavy atom. The van der Waals surface area contributed by atoms with Crippen molar-refractivity contribution < 1.29 is 23.4 Å². The quantitative estimate of drug-likeness (QED) is 0.362. The van der Waals surface area contributed by atoms with Crippen molar-refractivity contribution in [3.63, 3.8) is 0 Å². The van der Waals surface area contributed by atoms with Gasteiger partial charge in [-0.25, -0.2) is 13.6 Å². The van der Waals surface area contributed by atoms with E-state index in [9.17, 15) is 18.7 Å². The summed E-state index contributed by atoms with van der Waals surface area (Å²) in [5, 5.41) is 9.20. The van der Waals surface area contributed by atoms with Crippen LogP contribution in [0.1, 0.15) is 27.7 Å². The van der Waals surface area contributed by atoms with E-state index in [-0.39, 0.29) is 5.71 Å². The smallest absolute Gasteiger partial charge is 0.344 e. The van der Waals surface area contributed by atoms with Crippen molar-refractivity contribution in [2.24, 2.45) is 4.99 Å². The molecule has 17 heavy (non-hydrogen) atoms. The summed E-state index contributed by atoms with van der Waals surface area (Å²) in [5.74, 6) is -2.33. The lowest BCUT2D eigenvalue weighted by Gasteiger charge is -2.21. The molecule has 0 rings (SSSR count). The van der Waals surface area contributed by atoms with Crippen LogP contribution in [0.3, 0.4) is 0 Å². The molecule has 6 heteroatoms. The second-order valence-corrected chi connectivity index (χ2v) is 4.37. The summed E-state index contributed by atoms with van der Waals surface area (Å²) in [6, 6.07) is 0. The first-order valence-corrected chi connectivity index (χ1v) is 4.98. The molecule has 98 valence electrons. The standard InChI is InChI=1S/C11H17F2NO3/c1-6(14-5)7(8(15)9(12)13)10(16)17-11(2,3)4/h9,15H,1-5H3. The second-order valence-electron chi connectivity index (χ2n) is 4.37. The summed E-state index contributed by atoms with van der Waals surface area (Å²) < 4.78 is 29.7. The molecule has 0 heterocycles. The van der Waals surface area contributed by atoms with Crippen LogP contribution >= 0.6 is 0 Å². The van der Waals surface area contributed by atoms with Crippen molar-refractivity contribution in [3.8, 4) is 0 Å². The van der Waals surface area contributed by atoms with E-state index in [4.69, 9.17) is 4.74 Å². The molecule has 0 aliphatic heterocycles. The van der Waals surface area contributed by atoms with Crippen LogP contribution in [-0.2, 0) is 9.53 Å². The average Bonchev–Trinajstić information content (AvgIpc) is 2.14. The third-order valence-electron chi connectivity index (χ3n) is 1.76. The van der Waals surface area contributed by atoms with Crippen molar-refractivity contribution in [1.82, 2.24) is 0 Å². The molecule has 0 aliphatic rings. The minimum absolute atomic E-state index is 0.00273. The van der Waals surface area contributed by atoms with Crippen LogP contribution in [-0.4, -0.2) is 35.9 Å². The molecule has 0 aromatic rings. The number of alkyl halides is 2. The van der Waals surface area contributed by atoms with Gasteiger partial charge in [-0.2, -0.15) is 0 Å². The number of allylic oxidation sites excluding steroid dienone is 1. The maximum Gasteiger partial charge on any atom is 0.344 e. The van der Waals surface area contributed by atoms with Crippen LogP contribution in [0.25, 0.3) is 0 Å². The number of aliphatic hydroxyl groups is 1. The molecule has 0 saturated carbocycles. The first-order valence-electron chi connectivity index (χ1n) is 4.98. The number of carbonyl (C=O) groups is 1. The van der Waals surface area contributed by atoms with Crippen LogP contribution in [0.4, 0.5) is 8.78 Å². The SMILES string of the molecule is CN=C(C)C(C(=O)OC(C)(C)C)=C(O)C(F)F. The van der Waals surface area contributed by atoms with Gasteiger partial charge in [-0.1, -0.05) is 0 Å². The third-order valence-corrected chi connectivity index (χ3v) is 1.76. The molecular weight excluding hydrogens is 232 g/mol. The number of rotatable bonds is 3. The summed E-state index contributed by atoms with van der Waals surface area (Å²) in [6.45, 7) is 6.14. The molecule has 0 spiro atoms. The Morgan fingerprint density at radius 3 is 2.12 bits per heavy atom. The summed E-state index contributed by atoms with van der Waals surface area (Å²) in [4.78, 5) is 15.3. The fourth-order valence-corrected chi connectivity index (χ4v) is 0.988. The Hall–Kier alpha value is -1.46. The number of halogens is 2. The molecule has 0 unspecified atom stereocenters. The molecule has 0 aliphatic carbocycles. The Morgan fingerprint density at radius 2 is 1.82 bits per heavy atom. The molecule has 0 radical (unpaired) electrons. The number of esters is 1. The van der Waals surface area contributed by atoms with Crippen LogP contribution in [0, 0.1) is 0 Å². The maximum absolute atomic E-state index is 12.4. The molecule has 0 atom stereocenters. The highest BCUT2D eigenvalue weighted by atomic mass is 19.3. The monoisotopic (exact) mass is 249 g/mol. The van der Waals surface area contributed by atoms with Crippen molar-refractivity contribution in [2.75, 3.05) is 7.05 Å². The minimum atomic E-state index is -3.14. The third kappa shape index (κ3) is 4.93. The van der Waals surface area contributed by atoms with Crippen LogP contribution in [0.2, 0.25) is 0 Å². The Bertz CT molecular complexity index is 354. The van der Waals surface area contributed by atoms with Gasteiger partial charge in [0.05, 0.1) is 0 Å². The van der Waals surface area contributed by atoms with E-state index in [0.29, 0.717) is 0 Å². The van der Waals surface area contributed by atoms with Crippen molar-refractivity contribution in [2.45, 2.75) is 39.7 Å². The molecule has 0 fully saturated rings. The van der Waals surface area contributed by atoms with Crippen molar-refractivity contribution in [3.05, 3.63) is 11.3 Å². The zero-order valence-corrected chi connectivity index (χ0v) is 10.5. The highest BCUT2D eigenvalue weighted by molar-refractivity contribution is 6.19. The van der Waals surface area contributed by atoms with E-state index in [0.717, 1.165) is 0 Å². The van der Waals surface area contributed by atoms with Gasteiger partial charge in [-0.05, 0) is 27.7 Å². The molecule has 0 amide bonds. The molecule has 0 bridgehead atoms. The average molecular weight is 249 g/mol. The zero-order valence-electron chi connectivity index (χ0n) is 10.5. The van der Waals surface area contributed by atoms with E-state index >= 15 is 0 Å². The number of carbonyl (C=O) groups excluding carboxylic acids is 1. The lowest BCUT2D eigenvalue weighted by atomic mass is 10.1. The van der Waals surface area contributed by atoms with Crippen LogP contribution in [0.5, 0.6) is 0 Å². The minimum Gasteiger partial charge on any atom is -0.506 e. The Labute approximate surface area is 99.0 Å². The van der Waals surface area contributed by atoms with Gasteiger partial charge in [0.1, 0.15) is 11.2 Å². The molecule has 0 aromatic heterocycles. The highest BCUT2D eigenvalue weighted by Gasteiger charge is 2.28.